The molecule has 170 valence electrons. The van der Waals surface area contributed by atoms with E-state index in [0.717, 1.165) is 65.1 Å². The number of hydrogen-bond donors (Lipinski definition) is 3. The lowest BCUT2D eigenvalue weighted by Crippen LogP contribution is -2.40. The number of piperidine rings is 1. The third kappa shape index (κ3) is 4.12. The molecular formula is C26H30N6O. The van der Waals surface area contributed by atoms with Gasteiger partial charge < -0.3 is 25.7 Å². The minimum atomic E-state index is 0.300. The minimum Gasteiger partial charge on any atom is -0.494 e. The number of benzene rings is 2. The number of nitrogens with zero attached hydrogens (tertiary/aromatic N) is 3. The van der Waals surface area contributed by atoms with E-state index in [1.807, 2.05) is 31.5 Å². The summed E-state index contributed by atoms with van der Waals surface area (Å²) in [5.74, 6) is 1.30. The number of ether oxygens (including phenoxy) is 1. The monoisotopic (exact) mass is 442 g/mol. The zero-order chi connectivity index (χ0) is 22.9. The predicted molar refractivity (Wildman–Crippen MR) is 134 cm³/mol. The van der Waals surface area contributed by atoms with E-state index in [1.165, 1.54) is 11.3 Å². The fourth-order valence-electron chi connectivity index (χ4n) is 4.59. The standard InChI is InChI=1S/C26H30N6O/c1-16-12-22(24(33-3)13-23(16)32-10-8-18(27)9-11-32)30-26-29-14-17(2)25(31-26)20-15-28-21-7-5-4-6-19(20)21/h4-7,12-15,18,28H,8-11,27H2,1-3H3,(H,29,30,31). The third-order valence-corrected chi connectivity index (χ3v) is 6.46. The number of anilines is 3. The second-order valence-electron chi connectivity index (χ2n) is 8.76. The molecule has 7 nitrogen and oxygen atoms in total. The quantitative estimate of drug-likeness (QED) is 0.406. The van der Waals surface area contributed by atoms with E-state index in [-0.39, 0.29) is 0 Å². The summed E-state index contributed by atoms with van der Waals surface area (Å²) in [6.07, 6.45) is 5.89. The van der Waals surface area contributed by atoms with Crippen molar-refractivity contribution in [2.45, 2.75) is 32.7 Å². The number of fused-ring (bicyclic) bond motifs is 1. The van der Waals surface area contributed by atoms with Crippen LogP contribution in [0.2, 0.25) is 0 Å². The van der Waals surface area contributed by atoms with Gasteiger partial charge >= 0.3 is 0 Å². The Morgan fingerprint density at radius 3 is 2.70 bits per heavy atom. The first-order valence-electron chi connectivity index (χ1n) is 11.4. The van der Waals surface area contributed by atoms with Crippen LogP contribution in [-0.4, -0.2) is 41.2 Å². The number of aromatic nitrogens is 3. The van der Waals surface area contributed by atoms with Gasteiger partial charge in [-0.3, -0.25) is 0 Å². The number of nitrogens with two attached hydrogens (primary N) is 1. The van der Waals surface area contributed by atoms with Gasteiger partial charge in [0.2, 0.25) is 5.95 Å². The van der Waals surface area contributed by atoms with Gasteiger partial charge in [-0.15, -0.1) is 0 Å². The second kappa shape index (κ2) is 8.75. The molecule has 1 saturated heterocycles. The van der Waals surface area contributed by atoms with Crippen molar-refractivity contribution in [3.63, 3.8) is 0 Å². The first kappa shape index (κ1) is 21.3. The maximum Gasteiger partial charge on any atom is 0.227 e. The van der Waals surface area contributed by atoms with Crippen LogP contribution < -0.4 is 20.7 Å². The van der Waals surface area contributed by atoms with E-state index in [0.29, 0.717) is 12.0 Å². The molecule has 4 N–H and O–H groups in total. The summed E-state index contributed by atoms with van der Waals surface area (Å²) in [4.78, 5) is 15.1. The van der Waals surface area contributed by atoms with Gasteiger partial charge in [-0.25, -0.2) is 9.97 Å². The molecule has 0 unspecified atom stereocenters. The van der Waals surface area contributed by atoms with Crippen molar-refractivity contribution in [1.29, 1.82) is 0 Å². The largest absolute Gasteiger partial charge is 0.494 e. The van der Waals surface area contributed by atoms with Crippen molar-refractivity contribution in [2.24, 2.45) is 5.73 Å². The number of hydrogen-bond acceptors (Lipinski definition) is 6. The maximum absolute atomic E-state index is 6.09. The van der Waals surface area contributed by atoms with Crippen molar-refractivity contribution in [1.82, 2.24) is 15.0 Å². The molecular weight excluding hydrogens is 412 g/mol. The summed E-state index contributed by atoms with van der Waals surface area (Å²) in [6.45, 7) is 6.09. The van der Waals surface area contributed by atoms with E-state index in [1.54, 1.807) is 7.11 Å². The van der Waals surface area contributed by atoms with Crippen molar-refractivity contribution >= 4 is 28.2 Å². The number of rotatable bonds is 5. The normalized spacial score (nSPS) is 14.6. The molecule has 0 radical (unpaired) electrons. The Labute approximate surface area is 194 Å². The molecule has 0 atom stereocenters. The Morgan fingerprint density at radius 2 is 1.91 bits per heavy atom. The van der Waals surface area contributed by atoms with Crippen LogP contribution in [-0.2, 0) is 0 Å². The van der Waals surface area contributed by atoms with Gasteiger partial charge in [-0.05, 0) is 49.9 Å². The van der Waals surface area contributed by atoms with Crippen LogP contribution >= 0.6 is 0 Å². The maximum atomic E-state index is 6.09. The predicted octanol–water partition coefficient (Wildman–Crippen LogP) is 4.92. The zero-order valence-electron chi connectivity index (χ0n) is 19.4. The molecule has 0 bridgehead atoms. The molecule has 4 aromatic rings. The highest BCUT2D eigenvalue weighted by molar-refractivity contribution is 5.95. The van der Waals surface area contributed by atoms with E-state index in [9.17, 15) is 0 Å². The Balaban J connectivity index is 1.47. The first-order valence-corrected chi connectivity index (χ1v) is 11.4. The molecule has 3 heterocycles. The van der Waals surface area contributed by atoms with Gasteiger partial charge in [0.25, 0.3) is 0 Å². The van der Waals surface area contributed by atoms with Crippen LogP contribution in [0.1, 0.15) is 24.0 Å². The van der Waals surface area contributed by atoms with E-state index < -0.39 is 0 Å². The van der Waals surface area contributed by atoms with E-state index in [2.05, 4.69) is 51.4 Å². The highest BCUT2D eigenvalue weighted by Crippen LogP contribution is 2.36. The molecule has 33 heavy (non-hydrogen) atoms. The lowest BCUT2D eigenvalue weighted by Gasteiger charge is -2.33. The van der Waals surface area contributed by atoms with Crippen molar-refractivity contribution in [3.05, 3.63) is 59.9 Å². The Morgan fingerprint density at radius 1 is 1.12 bits per heavy atom. The number of aromatic amines is 1. The lowest BCUT2D eigenvalue weighted by atomic mass is 10.0. The van der Waals surface area contributed by atoms with E-state index in [4.69, 9.17) is 15.5 Å². The Hall–Kier alpha value is -3.58. The fraction of sp³-hybridized carbons (Fsp3) is 0.308. The van der Waals surface area contributed by atoms with Crippen molar-refractivity contribution in [2.75, 3.05) is 30.4 Å². The molecule has 1 aliphatic heterocycles. The Kier molecular flexibility index (Phi) is 5.64. The highest BCUT2D eigenvalue weighted by Gasteiger charge is 2.20. The van der Waals surface area contributed by atoms with Gasteiger partial charge in [0, 0.05) is 59.7 Å². The molecule has 2 aromatic carbocycles. The zero-order valence-corrected chi connectivity index (χ0v) is 19.4. The first-order chi connectivity index (χ1) is 16.0. The van der Waals surface area contributed by atoms with E-state index >= 15 is 0 Å². The minimum absolute atomic E-state index is 0.300. The van der Waals surface area contributed by atoms with Crippen LogP contribution in [0, 0.1) is 13.8 Å². The van der Waals surface area contributed by atoms with Crippen LogP contribution in [0.4, 0.5) is 17.3 Å². The number of methoxy groups -OCH3 is 1. The molecule has 0 spiro atoms. The second-order valence-corrected chi connectivity index (χ2v) is 8.76. The lowest BCUT2D eigenvalue weighted by molar-refractivity contribution is 0.416. The SMILES string of the molecule is COc1cc(N2CCC(N)CC2)c(C)cc1Nc1ncc(C)c(-c2c[nH]c3ccccc23)n1. The smallest absolute Gasteiger partial charge is 0.227 e. The summed E-state index contributed by atoms with van der Waals surface area (Å²) in [7, 11) is 1.69. The van der Waals surface area contributed by atoms with Gasteiger partial charge in [0.05, 0.1) is 18.5 Å². The van der Waals surface area contributed by atoms with Gasteiger partial charge in [0.15, 0.2) is 0 Å². The molecule has 1 fully saturated rings. The molecule has 0 aliphatic carbocycles. The average molecular weight is 443 g/mol. The number of nitrogens with one attached hydrogen (secondary N) is 2. The molecule has 0 amide bonds. The molecule has 0 saturated carbocycles. The molecule has 1 aliphatic rings. The highest BCUT2D eigenvalue weighted by atomic mass is 16.5. The van der Waals surface area contributed by atoms with Crippen molar-refractivity contribution in [3.8, 4) is 17.0 Å². The number of H-pyrrole nitrogens is 1. The van der Waals surface area contributed by atoms with Crippen LogP contribution in [0.3, 0.4) is 0 Å². The number of para-hydroxylation sites is 1. The van der Waals surface area contributed by atoms with Crippen molar-refractivity contribution < 1.29 is 4.74 Å². The van der Waals surface area contributed by atoms with Gasteiger partial charge in [0.1, 0.15) is 5.75 Å². The molecule has 2 aromatic heterocycles. The summed E-state index contributed by atoms with van der Waals surface area (Å²) in [5.41, 5.74) is 13.4. The summed E-state index contributed by atoms with van der Waals surface area (Å²) in [5, 5.41) is 4.53. The molecule has 7 heteroatoms. The molecule has 5 rings (SSSR count). The Bertz CT molecular complexity index is 1290. The topological polar surface area (TPSA) is 92.1 Å². The number of aryl methyl sites for hydroxylation is 2. The summed E-state index contributed by atoms with van der Waals surface area (Å²) >= 11 is 0. The summed E-state index contributed by atoms with van der Waals surface area (Å²) in [6, 6.07) is 12.8. The van der Waals surface area contributed by atoms with Crippen LogP contribution in [0.25, 0.3) is 22.2 Å². The van der Waals surface area contributed by atoms with Crippen LogP contribution in [0.15, 0.2) is 48.8 Å². The average Bonchev–Trinajstić information content (AvgIpc) is 3.25. The van der Waals surface area contributed by atoms with Gasteiger partial charge in [-0.2, -0.15) is 0 Å². The fourth-order valence-corrected chi connectivity index (χ4v) is 4.59. The van der Waals surface area contributed by atoms with Gasteiger partial charge in [-0.1, -0.05) is 18.2 Å². The van der Waals surface area contributed by atoms with Crippen LogP contribution in [0.5, 0.6) is 5.75 Å². The summed E-state index contributed by atoms with van der Waals surface area (Å²) < 4.78 is 5.73. The third-order valence-electron chi connectivity index (χ3n) is 6.46.